The summed E-state index contributed by atoms with van der Waals surface area (Å²) in [6, 6.07) is 22.3. The van der Waals surface area contributed by atoms with E-state index in [0.29, 0.717) is 24.4 Å². The Hall–Kier alpha value is -3.97. The summed E-state index contributed by atoms with van der Waals surface area (Å²) in [5, 5.41) is 6.72. The van der Waals surface area contributed by atoms with Gasteiger partial charge in [-0.05, 0) is 86.7 Å². The lowest BCUT2D eigenvalue weighted by atomic mass is 9.85. The van der Waals surface area contributed by atoms with E-state index in [1.54, 1.807) is 46.2 Å². The zero-order valence-corrected chi connectivity index (χ0v) is 30.6. The van der Waals surface area contributed by atoms with Gasteiger partial charge >= 0.3 is 0 Å². The highest BCUT2D eigenvalue weighted by atomic mass is 35.5. The minimum atomic E-state index is -4.06. The van der Waals surface area contributed by atoms with Crippen LogP contribution < -0.4 is 20.3 Å². The summed E-state index contributed by atoms with van der Waals surface area (Å²) in [6.45, 7) is 1.32. The van der Waals surface area contributed by atoms with E-state index in [1.807, 2.05) is 37.4 Å². The molecule has 2 aliphatic heterocycles. The van der Waals surface area contributed by atoms with Crippen LogP contribution in [-0.2, 0) is 37.4 Å². The van der Waals surface area contributed by atoms with E-state index in [4.69, 9.17) is 11.6 Å². The maximum atomic E-state index is 14.3. The van der Waals surface area contributed by atoms with Gasteiger partial charge in [-0.15, -0.1) is 0 Å². The molecular formula is C38H47ClN6O5S. The van der Waals surface area contributed by atoms with Crippen molar-refractivity contribution in [3.8, 4) is 0 Å². The highest BCUT2D eigenvalue weighted by Gasteiger charge is 2.54. The molecule has 1 atom stereocenters. The fourth-order valence-electron chi connectivity index (χ4n) is 7.61. The van der Waals surface area contributed by atoms with Crippen molar-refractivity contribution in [2.45, 2.75) is 80.4 Å². The second kappa shape index (κ2) is 16.1. The quantitative estimate of drug-likeness (QED) is 0.256. The van der Waals surface area contributed by atoms with Crippen LogP contribution in [0.5, 0.6) is 0 Å². The van der Waals surface area contributed by atoms with E-state index < -0.39 is 21.6 Å². The molecule has 1 saturated carbocycles. The molecule has 0 aromatic heterocycles. The smallest absolute Gasteiger partial charge is 0.250 e. The number of carbonyl (C=O) groups excluding carboxylic acids is 3. The van der Waals surface area contributed by atoms with Crippen molar-refractivity contribution in [3.63, 3.8) is 0 Å². The molecule has 6 rings (SSSR count). The number of sulfonamides is 1. The molecule has 51 heavy (non-hydrogen) atoms. The summed E-state index contributed by atoms with van der Waals surface area (Å²) in [4.78, 5) is 47.1. The monoisotopic (exact) mass is 734 g/mol. The molecule has 3 aromatic carbocycles. The van der Waals surface area contributed by atoms with E-state index in [0.717, 1.165) is 42.5 Å². The van der Waals surface area contributed by atoms with Gasteiger partial charge in [0.1, 0.15) is 18.1 Å². The van der Waals surface area contributed by atoms with Crippen molar-refractivity contribution in [1.82, 2.24) is 25.2 Å². The second-order valence-electron chi connectivity index (χ2n) is 13.8. The predicted molar refractivity (Wildman–Crippen MR) is 198 cm³/mol. The molecular weight excluding hydrogens is 688 g/mol. The first-order valence-electron chi connectivity index (χ1n) is 17.8. The number of amides is 3. The zero-order chi connectivity index (χ0) is 36.0. The number of hydrogen-bond donors (Lipinski definition) is 3. The van der Waals surface area contributed by atoms with Gasteiger partial charge in [-0.2, -0.15) is 4.72 Å². The highest BCUT2D eigenvalue weighted by molar-refractivity contribution is 7.89. The van der Waals surface area contributed by atoms with Crippen LogP contribution in [0.4, 0.5) is 5.69 Å². The summed E-state index contributed by atoms with van der Waals surface area (Å²) in [5.74, 6) is -0.644. The first kappa shape index (κ1) is 36.8. The Morgan fingerprint density at radius 3 is 2.20 bits per heavy atom. The first-order chi connectivity index (χ1) is 24.6. The van der Waals surface area contributed by atoms with Gasteiger partial charge in [0.25, 0.3) is 5.91 Å². The molecule has 2 heterocycles. The van der Waals surface area contributed by atoms with Crippen LogP contribution in [-0.4, -0.2) is 86.9 Å². The number of piperidine rings is 1. The lowest BCUT2D eigenvalue weighted by molar-refractivity contribution is -0.140. The maximum Gasteiger partial charge on any atom is 0.250 e. The van der Waals surface area contributed by atoms with Gasteiger partial charge in [-0.25, -0.2) is 8.42 Å². The second-order valence-corrected chi connectivity index (χ2v) is 16.0. The third-order valence-corrected chi connectivity index (χ3v) is 12.1. The van der Waals surface area contributed by atoms with Crippen LogP contribution in [0.1, 0.15) is 56.1 Å². The topological polar surface area (TPSA) is 131 Å². The molecule has 3 amide bonds. The van der Waals surface area contributed by atoms with E-state index in [9.17, 15) is 22.8 Å². The number of anilines is 1. The molecule has 1 aliphatic carbocycles. The van der Waals surface area contributed by atoms with E-state index in [2.05, 4.69) is 20.3 Å². The number of nitrogens with zero attached hydrogens (tertiary/aromatic N) is 3. The van der Waals surface area contributed by atoms with Gasteiger partial charge in [0, 0.05) is 36.4 Å². The summed E-state index contributed by atoms with van der Waals surface area (Å²) < 4.78 is 30.0. The van der Waals surface area contributed by atoms with Crippen molar-refractivity contribution >= 4 is 45.0 Å². The van der Waals surface area contributed by atoms with Crippen molar-refractivity contribution < 1.29 is 22.8 Å². The minimum absolute atomic E-state index is 0.0239. The number of benzene rings is 3. The molecule has 13 heteroatoms. The number of hydrogen-bond acceptors (Lipinski definition) is 7. The van der Waals surface area contributed by atoms with Gasteiger partial charge in [-0.1, -0.05) is 73.3 Å². The molecule has 2 saturated heterocycles. The van der Waals surface area contributed by atoms with Crippen LogP contribution in [0.2, 0.25) is 5.02 Å². The van der Waals surface area contributed by atoms with Gasteiger partial charge in [0.15, 0.2) is 0 Å². The SMILES string of the molecule is CNCc1ccc(S(=O)(=O)NC(Cc2ccc(Cl)cc2)C(=O)N2CCC3(CC2)C(=O)N(CC(=O)NC2CCCCC2)CN3c2ccccc2)cc1. The number of carbonyl (C=O) groups is 3. The third-order valence-electron chi connectivity index (χ3n) is 10.4. The Kier molecular flexibility index (Phi) is 11.7. The number of rotatable bonds is 12. The average Bonchev–Trinajstić information content (AvgIpc) is 3.39. The molecule has 3 fully saturated rings. The van der Waals surface area contributed by atoms with Crippen molar-refractivity contribution in [2.24, 2.45) is 0 Å². The predicted octanol–water partition coefficient (Wildman–Crippen LogP) is 4.07. The normalized spacial score (nSPS) is 18.6. The summed E-state index contributed by atoms with van der Waals surface area (Å²) in [5.41, 5.74) is 1.61. The molecule has 3 aliphatic rings. The average molecular weight is 735 g/mol. The summed E-state index contributed by atoms with van der Waals surface area (Å²) in [6.07, 6.45) is 6.08. The Morgan fingerprint density at radius 2 is 1.55 bits per heavy atom. The molecule has 0 bridgehead atoms. The molecule has 272 valence electrons. The van der Waals surface area contributed by atoms with E-state index >= 15 is 0 Å². The first-order valence-corrected chi connectivity index (χ1v) is 19.6. The summed E-state index contributed by atoms with van der Waals surface area (Å²) >= 11 is 6.11. The largest absolute Gasteiger partial charge is 0.352 e. The summed E-state index contributed by atoms with van der Waals surface area (Å²) in [7, 11) is -2.24. The lowest BCUT2D eigenvalue weighted by Crippen LogP contribution is -2.59. The van der Waals surface area contributed by atoms with Crippen LogP contribution in [0.15, 0.2) is 83.8 Å². The highest BCUT2D eigenvalue weighted by Crippen LogP contribution is 2.39. The Labute approximate surface area is 305 Å². The number of halogens is 1. The van der Waals surface area contributed by atoms with Gasteiger partial charge in [0.2, 0.25) is 21.8 Å². The van der Waals surface area contributed by atoms with Gasteiger partial charge in [0.05, 0.1) is 11.6 Å². The molecule has 1 spiro atoms. The van der Waals surface area contributed by atoms with Crippen LogP contribution in [0.25, 0.3) is 0 Å². The maximum absolute atomic E-state index is 14.3. The minimum Gasteiger partial charge on any atom is -0.352 e. The zero-order valence-electron chi connectivity index (χ0n) is 29.0. The number of nitrogens with one attached hydrogen (secondary N) is 3. The molecule has 1 unspecified atom stereocenters. The number of para-hydroxylation sites is 1. The lowest BCUT2D eigenvalue weighted by Gasteiger charge is -2.44. The molecule has 11 nitrogen and oxygen atoms in total. The van der Waals surface area contributed by atoms with Gasteiger partial charge in [-0.3, -0.25) is 14.4 Å². The fourth-order valence-corrected chi connectivity index (χ4v) is 8.93. The third kappa shape index (κ3) is 8.57. The van der Waals surface area contributed by atoms with Crippen molar-refractivity contribution in [2.75, 3.05) is 38.3 Å². The molecule has 0 radical (unpaired) electrons. The Morgan fingerprint density at radius 1 is 0.902 bits per heavy atom. The molecule has 3 aromatic rings. The fraction of sp³-hybridized carbons (Fsp3) is 0.447. The van der Waals surface area contributed by atoms with E-state index in [1.165, 1.54) is 18.6 Å². The van der Waals surface area contributed by atoms with Crippen molar-refractivity contribution in [3.05, 3.63) is 95.0 Å². The number of likely N-dealkylation sites (tertiary alicyclic amines) is 1. The molecule has 3 N–H and O–H groups in total. The standard InChI is InChI=1S/C38H47ClN6O5S/c1-40-25-29-14-18-33(19-15-29)51(49,50)42-34(24-28-12-16-30(39)17-13-28)36(47)43-22-20-38(21-23-43)37(48)44(27-45(38)32-10-6-3-7-11-32)26-35(46)41-31-8-4-2-5-9-31/h3,6-7,10-19,31,34,40,42H,2,4-5,8-9,20-27H2,1H3,(H,41,46). The van der Waals surface area contributed by atoms with E-state index in [-0.39, 0.29) is 61.4 Å². The van der Waals surface area contributed by atoms with Gasteiger partial charge < -0.3 is 25.3 Å². The Bertz CT molecular complexity index is 1780. The van der Waals surface area contributed by atoms with Crippen molar-refractivity contribution in [1.29, 1.82) is 0 Å². The van der Waals surface area contributed by atoms with Crippen LogP contribution >= 0.6 is 11.6 Å². The Balaban J connectivity index is 1.20. The van der Waals surface area contributed by atoms with Crippen LogP contribution in [0, 0.1) is 0 Å². The van der Waals surface area contributed by atoms with Crippen LogP contribution in [0.3, 0.4) is 0 Å².